The summed E-state index contributed by atoms with van der Waals surface area (Å²) < 4.78 is 10.9. The molecule has 0 amide bonds. The minimum atomic E-state index is -0.787. The predicted molar refractivity (Wildman–Crippen MR) is 82.6 cm³/mol. The molecule has 0 aromatic rings. The largest absolute Gasteiger partial charge is 0.480 e. The molecule has 0 saturated heterocycles. The van der Waals surface area contributed by atoms with Crippen LogP contribution < -0.4 is 5.32 Å². The topological polar surface area (TPSA) is 67.8 Å². The Morgan fingerprint density at radius 2 is 1.76 bits per heavy atom. The van der Waals surface area contributed by atoms with E-state index in [1.54, 1.807) is 6.92 Å². The number of carbonyl (C=O) groups is 1. The zero-order valence-corrected chi connectivity index (χ0v) is 13.5. The van der Waals surface area contributed by atoms with E-state index in [1.165, 1.54) is 0 Å². The second-order valence-electron chi connectivity index (χ2n) is 6.09. The first-order valence-electron chi connectivity index (χ1n) is 8.25. The third-order valence-corrected chi connectivity index (χ3v) is 3.80. The molecule has 0 radical (unpaired) electrons. The zero-order valence-electron chi connectivity index (χ0n) is 13.5. The van der Waals surface area contributed by atoms with Crippen LogP contribution in [-0.2, 0) is 14.3 Å². The maximum absolute atomic E-state index is 11.4. The fraction of sp³-hybridized carbons (Fsp3) is 0.938. The number of hydrogen-bond donors (Lipinski definition) is 2. The normalized spacial score (nSPS) is 17.6. The first kappa shape index (κ1) is 18.4. The van der Waals surface area contributed by atoms with Crippen LogP contribution >= 0.6 is 0 Å². The van der Waals surface area contributed by atoms with Crippen LogP contribution in [0.4, 0.5) is 0 Å². The van der Waals surface area contributed by atoms with Crippen LogP contribution in [0, 0.1) is 0 Å². The maximum atomic E-state index is 11.4. The molecule has 5 nitrogen and oxygen atoms in total. The molecule has 1 aliphatic rings. The maximum Gasteiger partial charge on any atom is 0.323 e. The number of hydrogen-bond acceptors (Lipinski definition) is 4. The van der Waals surface area contributed by atoms with Gasteiger partial charge in [0.25, 0.3) is 0 Å². The van der Waals surface area contributed by atoms with Crippen molar-refractivity contribution in [3.63, 3.8) is 0 Å². The molecule has 21 heavy (non-hydrogen) atoms. The van der Waals surface area contributed by atoms with Crippen LogP contribution in [0.25, 0.3) is 0 Å². The molecule has 1 atom stereocenters. The summed E-state index contributed by atoms with van der Waals surface area (Å²) in [4.78, 5) is 11.4. The van der Waals surface area contributed by atoms with Crippen LogP contribution in [0.5, 0.6) is 0 Å². The van der Waals surface area contributed by atoms with E-state index in [2.05, 4.69) is 12.2 Å². The quantitative estimate of drug-likeness (QED) is 0.483. The second kappa shape index (κ2) is 10.1. The van der Waals surface area contributed by atoms with Gasteiger partial charge in [-0.05, 0) is 45.4 Å². The summed E-state index contributed by atoms with van der Waals surface area (Å²) in [6.07, 6.45) is 6.85. The van der Waals surface area contributed by atoms with Crippen molar-refractivity contribution in [3.05, 3.63) is 0 Å². The van der Waals surface area contributed by atoms with Gasteiger partial charge in [0.1, 0.15) is 5.54 Å². The van der Waals surface area contributed by atoms with E-state index in [0.717, 1.165) is 45.1 Å². The first-order chi connectivity index (χ1) is 10.1. The van der Waals surface area contributed by atoms with Gasteiger partial charge in [0, 0.05) is 19.3 Å². The van der Waals surface area contributed by atoms with E-state index in [9.17, 15) is 9.90 Å². The molecule has 0 spiro atoms. The summed E-state index contributed by atoms with van der Waals surface area (Å²) in [7, 11) is 0. The Morgan fingerprint density at radius 1 is 1.14 bits per heavy atom. The Morgan fingerprint density at radius 3 is 2.29 bits per heavy atom. The molecule has 1 saturated carbocycles. The highest BCUT2D eigenvalue weighted by Crippen LogP contribution is 2.25. The Kier molecular flexibility index (Phi) is 8.88. The third-order valence-electron chi connectivity index (χ3n) is 3.80. The van der Waals surface area contributed by atoms with Crippen molar-refractivity contribution in [2.24, 2.45) is 0 Å². The SMILES string of the molecule is CCCCOCCOCCCCC(C)(NC1CC1)C(=O)O. The van der Waals surface area contributed by atoms with Gasteiger partial charge in [-0.25, -0.2) is 0 Å². The summed E-state index contributed by atoms with van der Waals surface area (Å²) >= 11 is 0. The van der Waals surface area contributed by atoms with Crippen molar-refractivity contribution in [3.8, 4) is 0 Å². The Balaban J connectivity index is 1.97. The summed E-state index contributed by atoms with van der Waals surface area (Å²) in [5.41, 5.74) is -0.787. The molecule has 1 aliphatic carbocycles. The van der Waals surface area contributed by atoms with Crippen LogP contribution in [0.1, 0.15) is 58.8 Å². The fourth-order valence-corrected chi connectivity index (χ4v) is 2.17. The van der Waals surface area contributed by atoms with Crippen molar-refractivity contribution in [2.75, 3.05) is 26.4 Å². The Hall–Kier alpha value is -0.650. The molecule has 124 valence electrons. The lowest BCUT2D eigenvalue weighted by molar-refractivity contribution is -0.144. The van der Waals surface area contributed by atoms with Gasteiger partial charge in [-0.1, -0.05) is 13.3 Å². The smallest absolute Gasteiger partial charge is 0.323 e. The molecule has 0 aliphatic heterocycles. The fourth-order valence-electron chi connectivity index (χ4n) is 2.17. The number of nitrogens with one attached hydrogen (secondary N) is 1. The van der Waals surface area contributed by atoms with Crippen LogP contribution in [0.15, 0.2) is 0 Å². The minimum Gasteiger partial charge on any atom is -0.480 e. The van der Waals surface area contributed by atoms with E-state index >= 15 is 0 Å². The van der Waals surface area contributed by atoms with E-state index < -0.39 is 11.5 Å². The lowest BCUT2D eigenvalue weighted by Gasteiger charge is -2.26. The molecule has 0 aromatic carbocycles. The Bertz CT molecular complexity index is 294. The van der Waals surface area contributed by atoms with Gasteiger partial charge in [-0.3, -0.25) is 10.1 Å². The third kappa shape index (κ3) is 8.39. The molecule has 1 unspecified atom stereocenters. The summed E-state index contributed by atoms with van der Waals surface area (Å²) in [5, 5.41) is 12.6. The number of carboxylic acids is 1. The van der Waals surface area contributed by atoms with Crippen LogP contribution in [-0.4, -0.2) is 49.1 Å². The van der Waals surface area contributed by atoms with Gasteiger partial charge in [-0.2, -0.15) is 0 Å². The average molecular weight is 301 g/mol. The minimum absolute atomic E-state index is 0.405. The molecule has 0 aromatic heterocycles. The van der Waals surface area contributed by atoms with Crippen molar-refractivity contribution in [1.82, 2.24) is 5.32 Å². The monoisotopic (exact) mass is 301 g/mol. The number of ether oxygens (including phenoxy) is 2. The molecule has 2 N–H and O–H groups in total. The summed E-state index contributed by atoms with van der Waals surface area (Å²) in [6, 6.07) is 0.405. The van der Waals surface area contributed by atoms with Gasteiger partial charge < -0.3 is 14.6 Å². The predicted octanol–water partition coefficient (Wildman–Crippen LogP) is 2.59. The van der Waals surface area contributed by atoms with Crippen molar-refractivity contribution in [2.45, 2.75) is 70.4 Å². The molecular formula is C16H31NO4. The number of unbranched alkanes of at least 4 members (excludes halogenated alkanes) is 2. The molecule has 5 heteroatoms. The van der Waals surface area contributed by atoms with Crippen molar-refractivity contribution >= 4 is 5.97 Å². The lowest BCUT2D eigenvalue weighted by atomic mass is 9.95. The average Bonchev–Trinajstić information content (AvgIpc) is 3.24. The van der Waals surface area contributed by atoms with Gasteiger partial charge >= 0.3 is 5.97 Å². The first-order valence-corrected chi connectivity index (χ1v) is 8.25. The number of carboxylic acid groups (broad SMARTS) is 1. The molecular weight excluding hydrogens is 270 g/mol. The van der Waals surface area contributed by atoms with E-state index in [4.69, 9.17) is 9.47 Å². The molecule has 0 heterocycles. The molecule has 0 bridgehead atoms. The highest BCUT2D eigenvalue weighted by Gasteiger charge is 2.37. The van der Waals surface area contributed by atoms with Gasteiger partial charge in [0.15, 0.2) is 0 Å². The molecule has 1 fully saturated rings. The van der Waals surface area contributed by atoms with Gasteiger partial charge in [0.05, 0.1) is 13.2 Å². The summed E-state index contributed by atoms with van der Waals surface area (Å²) in [5.74, 6) is -0.750. The van der Waals surface area contributed by atoms with Crippen molar-refractivity contribution in [1.29, 1.82) is 0 Å². The number of rotatable bonds is 14. The van der Waals surface area contributed by atoms with Gasteiger partial charge in [-0.15, -0.1) is 0 Å². The standard InChI is InChI=1S/C16H31NO4/c1-3-4-10-20-12-13-21-11-6-5-9-16(2,15(18)19)17-14-7-8-14/h14,17H,3-13H2,1-2H3,(H,18,19). The second-order valence-corrected chi connectivity index (χ2v) is 6.09. The van der Waals surface area contributed by atoms with Crippen LogP contribution in [0.3, 0.4) is 0 Å². The Labute approximate surface area is 128 Å². The van der Waals surface area contributed by atoms with Gasteiger partial charge in [0.2, 0.25) is 0 Å². The molecule has 1 rings (SSSR count). The van der Waals surface area contributed by atoms with Crippen molar-refractivity contribution < 1.29 is 19.4 Å². The van der Waals surface area contributed by atoms with E-state index in [0.29, 0.717) is 32.3 Å². The lowest BCUT2D eigenvalue weighted by Crippen LogP contribution is -2.50. The van der Waals surface area contributed by atoms with E-state index in [-0.39, 0.29) is 0 Å². The number of aliphatic carboxylic acids is 1. The summed E-state index contributed by atoms with van der Waals surface area (Å²) in [6.45, 7) is 6.69. The highest BCUT2D eigenvalue weighted by atomic mass is 16.5. The zero-order chi connectivity index (χ0) is 15.6. The van der Waals surface area contributed by atoms with Crippen LogP contribution in [0.2, 0.25) is 0 Å². The van der Waals surface area contributed by atoms with E-state index in [1.807, 2.05) is 0 Å². The highest BCUT2D eigenvalue weighted by molar-refractivity contribution is 5.78.